The summed E-state index contributed by atoms with van der Waals surface area (Å²) in [7, 11) is 0. The second kappa shape index (κ2) is 53.5. The molecule has 1 aliphatic rings. The smallest absolute Gasteiger partial charge is 0.335 e. The van der Waals surface area contributed by atoms with E-state index in [1.807, 2.05) is 18.2 Å². The van der Waals surface area contributed by atoms with Crippen LogP contribution in [0, 0.1) is 0 Å². The molecule has 1 heterocycles. The van der Waals surface area contributed by atoms with E-state index in [4.69, 9.17) is 23.7 Å². The van der Waals surface area contributed by atoms with Gasteiger partial charge in [-0.15, -0.1) is 0 Å². The highest BCUT2D eigenvalue weighted by Crippen LogP contribution is 2.26. The van der Waals surface area contributed by atoms with E-state index in [9.17, 15) is 34.5 Å². The molecule has 0 saturated carbocycles. The summed E-state index contributed by atoms with van der Waals surface area (Å²) >= 11 is 0. The first kappa shape index (κ1) is 71.9. The van der Waals surface area contributed by atoms with E-state index in [0.29, 0.717) is 19.3 Å². The van der Waals surface area contributed by atoms with Gasteiger partial charge in [-0.25, -0.2) is 4.79 Å². The lowest BCUT2D eigenvalue weighted by Gasteiger charge is -2.40. The fourth-order valence-electron chi connectivity index (χ4n) is 8.17. The van der Waals surface area contributed by atoms with Gasteiger partial charge >= 0.3 is 23.9 Å². The number of carbonyl (C=O) groups excluding carboxylic acids is 3. The summed E-state index contributed by atoms with van der Waals surface area (Å²) in [6.07, 6.45) is 63.0. The molecular formula is C67H104O12. The van der Waals surface area contributed by atoms with Gasteiger partial charge in [0.05, 0.1) is 13.0 Å². The summed E-state index contributed by atoms with van der Waals surface area (Å²) < 4.78 is 28.3. The van der Waals surface area contributed by atoms with Crippen LogP contribution in [-0.2, 0) is 42.9 Å². The second-order valence-electron chi connectivity index (χ2n) is 19.9. The van der Waals surface area contributed by atoms with Crippen LogP contribution in [0.2, 0.25) is 0 Å². The molecule has 0 aliphatic carbocycles. The van der Waals surface area contributed by atoms with Crippen molar-refractivity contribution in [2.75, 3.05) is 13.2 Å². The van der Waals surface area contributed by atoms with Gasteiger partial charge in [0.15, 0.2) is 24.6 Å². The van der Waals surface area contributed by atoms with Gasteiger partial charge < -0.3 is 39.0 Å². The molecule has 0 aromatic carbocycles. The molecule has 3 N–H and O–H groups in total. The summed E-state index contributed by atoms with van der Waals surface area (Å²) in [6, 6.07) is 0. The monoisotopic (exact) mass is 1100 g/mol. The van der Waals surface area contributed by atoms with Crippen molar-refractivity contribution in [3.05, 3.63) is 134 Å². The minimum atomic E-state index is -1.93. The lowest BCUT2D eigenvalue weighted by atomic mass is 9.98. The molecule has 444 valence electrons. The number of carboxylic acids is 1. The quantitative estimate of drug-likeness (QED) is 0.0228. The van der Waals surface area contributed by atoms with Crippen molar-refractivity contribution < 1.29 is 58.2 Å². The largest absolute Gasteiger partial charge is 0.479 e. The molecule has 0 aromatic rings. The Balaban J connectivity index is 2.76. The molecule has 1 fully saturated rings. The van der Waals surface area contributed by atoms with Gasteiger partial charge in [0.1, 0.15) is 18.8 Å². The summed E-state index contributed by atoms with van der Waals surface area (Å²) in [5.74, 6) is -3.35. The Morgan fingerprint density at radius 2 is 0.835 bits per heavy atom. The highest BCUT2D eigenvalue weighted by Gasteiger charge is 2.50. The topological polar surface area (TPSA) is 175 Å². The normalized spacial score (nSPS) is 18.8. The summed E-state index contributed by atoms with van der Waals surface area (Å²) in [6.45, 7) is 5.62. The zero-order chi connectivity index (χ0) is 57.5. The number of aliphatic hydroxyl groups is 2. The van der Waals surface area contributed by atoms with Gasteiger partial charge in [-0.05, 0) is 116 Å². The van der Waals surface area contributed by atoms with Crippen molar-refractivity contribution in [2.24, 2.45) is 0 Å². The maximum atomic E-state index is 13.1. The fourth-order valence-corrected chi connectivity index (χ4v) is 8.17. The molecule has 0 aromatic heterocycles. The Morgan fingerprint density at radius 3 is 1.28 bits per heavy atom. The van der Waals surface area contributed by atoms with Crippen molar-refractivity contribution in [1.82, 2.24) is 0 Å². The third kappa shape index (κ3) is 43.4. The Morgan fingerprint density at radius 1 is 0.443 bits per heavy atom. The van der Waals surface area contributed by atoms with Crippen molar-refractivity contribution in [1.29, 1.82) is 0 Å². The third-order valence-electron chi connectivity index (χ3n) is 12.7. The van der Waals surface area contributed by atoms with Gasteiger partial charge in [0, 0.05) is 12.8 Å². The number of aliphatic carboxylic acids is 1. The number of hydrogen-bond acceptors (Lipinski definition) is 11. The number of unbranched alkanes of at least 4 members (excludes halogenated alkanes) is 14. The van der Waals surface area contributed by atoms with Crippen LogP contribution in [-0.4, -0.2) is 89.2 Å². The van der Waals surface area contributed by atoms with Gasteiger partial charge in [-0.3, -0.25) is 14.4 Å². The van der Waals surface area contributed by atoms with E-state index in [1.165, 1.54) is 19.3 Å². The van der Waals surface area contributed by atoms with Crippen LogP contribution in [0.5, 0.6) is 0 Å². The molecule has 12 nitrogen and oxygen atoms in total. The van der Waals surface area contributed by atoms with E-state index >= 15 is 0 Å². The molecule has 79 heavy (non-hydrogen) atoms. The number of rotatable bonds is 49. The first-order valence-electron chi connectivity index (χ1n) is 30.2. The van der Waals surface area contributed by atoms with Crippen LogP contribution in [0.3, 0.4) is 0 Å². The predicted octanol–water partition coefficient (Wildman–Crippen LogP) is 15.8. The average molecular weight is 1100 g/mol. The number of ether oxygens (including phenoxy) is 5. The van der Waals surface area contributed by atoms with Crippen molar-refractivity contribution in [3.63, 3.8) is 0 Å². The standard InChI is InChI=1S/C67H104O12/c1-4-7-10-13-16-19-22-25-28-30-33-35-38-41-44-47-50-53-59(68)75-56-58(77-60(69)54-51-48-45-42-39-36-32-27-24-21-18-15-12-9-6-3)57-76-67-65(63(72)62(71)64(79-67)66(73)74)78-61(70)55-52-49-46-43-40-37-34-31-29-26-23-20-17-14-11-8-5-2/h7,9-10,12,16-21,25-29,32-33,35,39,42,48,51,58,62-65,67,71-72H,4-6,8,11,13-15,22-24,30-31,34,36-38,40-41,43-47,49-50,52-57H2,1-3H3,(H,73,74)/b10-7-,12-9-,19-16-,20-17-,21-18-,28-25-,29-26-,32-27-,35-33-,42-39-,51-48-. The number of allylic oxidation sites excluding steroid dienone is 21. The maximum Gasteiger partial charge on any atom is 0.335 e. The highest BCUT2D eigenvalue weighted by atomic mass is 16.7. The van der Waals surface area contributed by atoms with Crippen molar-refractivity contribution in [3.8, 4) is 0 Å². The minimum Gasteiger partial charge on any atom is -0.479 e. The van der Waals surface area contributed by atoms with Gasteiger partial charge in [0.2, 0.25) is 0 Å². The van der Waals surface area contributed by atoms with E-state index in [0.717, 1.165) is 135 Å². The molecule has 12 heteroatoms. The summed E-state index contributed by atoms with van der Waals surface area (Å²) in [4.78, 5) is 51.1. The van der Waals surface area contributed by atoms with Crippen molar-refractivity contribution in [2.45, 2.75) is 250 Å². The van der Waals surface area contributed by atoms with E-state index in [2.05, 4.69) is 130 Å². The number of esters is 3. The molecule has 0 spiro atoms. The number of carboxylic acid groups (broad SMARTS) is 1. The van der Waals surface area contributed by atoms with Gasteiger partial charge in [-0.1, -0.05) is 212 Å². The van der Waals surface area contributed by atoms with E-state index < -0.39 is 67.3 Å². The number of aliphatic hydroxyl groups excluding tert-OH is 2. The Kier molecular flexibility index (Phi) is 48.7. The highest BCUT2D eigenvalue weighted by molar-refractivity contribution is 5.74. The molecule has 6 unspecified atom stereocenters. The minimum absolute atomic E-state index is 0.0313. The first-order valence-corrected chi connectivity index (χ1v) is 30.2. The van der Waals surface area contributed by atoms with Crippen LogP contribution in [0.15, 0.2) is 134 Å². The zero-order valence-corrected chi connectivity index (χ0v) is 48.8. The molecule has 0 radical (unpaired) electrons. The molecule has 0 amide bonds. The van der Waals surface area contributed by atoms with E-state index in [1.54, 1.807) is 6.08 Å². The van der Waals surface area contributed by atoms with Crippen molar-refractivity contribution >= 4 is 23.9 Å². The molecule has 1 aliphatic heterocycles. The SMILES string of the molecule is CC/C=C\C/C=C\C/C=C\C/C=C\C/C=C\CC(=O)OC(COC(=O)CCCCCC/C=C\C/C=C\C/C=C\C/C=C\CC)COC1OC(C(=O)O)C(O)C(O)C1OC(=O)CCCCCCCCC/C=C\C/C=C\CCCCC. The van der Waals surface area contributed by atoms with Crippen LogP contribution in [0.4, 0.5) is 0 Å². The Hall–Kier alpha value is -5.14. The molecule has 6 atom stereocenters. The molecule has 1 saturated heterocycles. The maximum absolute atomic E-state index is 13.1. The average Bonchev–Trinajstić information content (AvgIpc) is 3.46. The van der Waals surface area contributed by atoms with Gasteiger partial charge in [0.25, 0.3) is 0 Å². The first-order chi connectivity index (χ1) is 38.6. The summed E-state index contributed by atoms with van der Waals surface area (Å²) in [5.41, 5.74) is 0. The second-order valence-corrected chi connectivity index (χ2v) is 19.9. The van der Waals surface area contributed by atoms with Crippen LogP contribution in [0.1, 0.15) is 213 Å². The lowest BCUT2D eigenvalue weighted by Crippen LogP contribution is -2.61. The molecular weight excluding hydrogens is 997 g/mol. The molecule has 1 rings (SSSR count). The number of hydrogen-bond donors (Lipinski definition) is 3. The zero-order valence-electron chi connectivity index (χ0n) is 48.8. The predicted molar refractivity (Wildman–Crippen MR) is 321 cm³/mol. The van der Waals surface area contributed by atoms with Crippen LogP contribution in [0.25, 0.3) is 0 Å². The number of carbonyl (C=O) groups is 4. The van der Waals surface area contributed by atoms with Gasteiger partial charge in [-0.2, -0.15) is 0 Å². The third-order valence-corrected chi connectivity index (χ3v) is 12.7. The molecule has 0 bridgehead atoms. The van der Waals surface area contributed by atoms with E-state index in [-0.39, 0.29) is 25.9 Å². The van der Waals surface area contributed by atoms with Crippen LogP contribution >= 0.6 is 0 Å². The summed E-state index contributed by atoms with van der Waals surface area (Å²) in [5, 5.41) is 31.5. The Bertz CT molecular complexity index is 1880. The van der Waals surface area contributed by atoms with Crippen LogP contribution < -0.4 is 0 Å². The Labute approximate surface area is 477 Å². The lowest BCUT2D eigenvalue weighted by molar-refractivity contribution is -0.301. The fraction of sp³-hybridized carbons (Fsp3) is 0.612.